The Hall–Kier alpha value is -0.0531. The first-order valence-electron chi connectivity index (χ1n) is 6.50. The molecule has 3 nitrogen and oxygen atoms in total. The first kappa shape index (κ1) is 15.0. The molecule has 0 bridgehead atoms. The van der Waals surface area contributed by atoms with E-state index in [1.165, 1.54) is 18.9 Å². The third-order valence-corrected chi connectivity index (χ3v) is 5.97. The van der Waals surface area contributed by atoms with E-state index in [1.807, 2.05) is 6.08 Å². The van der Waals surface area contributed by atoms with Crippen LogP contribution in [0, 0.1) is 0 Å². The van der Waals surface area contributed by atoms with Crippen molar-refractivity contribution in [3.05, 3.63) is 11.8 Å². The van der Waals surface area contributed by atoms with Crippen molar-refractivity contribution >= 4 is 16.3 Å². The van der Waals surface area contributed by atoms with Crippen LogP contribution in [0.4, 0.5) is 0 Å². The second-order valence-corrected chi connectivity index (χ2v) is 10.7. The van der Waals surface area contributed by atoms with Gasteiger partial charge in [0.05, 0.1) is 6.10 Å². The molecule has 0 spiro atoms. The van der Waals surface area contributed by atoms with Crippen LogP contribution in [0.5, 0.6) is 0 Å². The van der Waals surface area contributed by atoms with Gasteiger partial charge in [-0.15, -0.1) is 0 Å². The Kier molecular flexibility index (Phi) is 5.97. The van der Waals surface area contributed by atoms with Crippen LogP contribution in [0.3, 0.4) is 0 Å². The van der Waals surface area contributed by atoms with Crippen LogP contribution in [-0.2, 0) is 13.5 Å². The fourth-order valence-corrected chi connectivity index (χ4v) is 4.96. The minimum Gasteiger partial charge on any atom is -0.450 e. The first-order chi connectivity index (χ1) is 7.93. The molecule has 0 fully saturated rings. The number of unbranched alkanes of at least 4 members (excludes halogenated alkanes) is 1. The van der Waals surface area contributed by atoms with Crippen LogP contribution in [0.2, 0.25) is 19.1 Å². The van der Waals surface area contributed by atoms with Crippen molar-refractivity contribution in [1.82, 2.24) is 0 Å². The fourth-order valence-electron chi connectivity index (χ4n) is 2.09. The molecule has 1 aliphatic rings. The van der Waals surface area contributed by atoms with Gasteiger partial charge in [-0.1, -0.05) is 19.8 Å². The molecular formula is C12H25O3PSi. The van der Waals surface area contributed by atoms with Crippen molar-refractivity contribution in [2.45, 2.75) is 57.8 Å². The zero-order valence-electron chi connectivity index (χ0n) is 11.4. The molecule has 0 saturated heterocycles. The Morgan fingerprint density at radius 3 is 2.82 bits per heavy atom. The second-order valence-electron chi connectivity index (χ2n) is 5.28. The molecule has 100 valence electrons. The highest BCUT2D eigenvalue weighted by atomic mass is 31.1. The third-order valence-electron chi connectivity index (χ3n) is 2.92. The first-order valence-corrected chi connectivity index (χ1v) is 11.4. The van der Waals surface area contributed by atoms with E-state index in [1.54, 1.807) is 6.66 Å². The average Bonchev–Trinajstić information content (AvgIpc) is 2.60. The van der Waals surface area contributed by atoms with Gasteiger partial charge in [0.2, 0.25) is 8.03 Å². The van der Waals surface area contributed by atoms with E-state index in [9.17, 15) is 4.57 Å². The van der Waals surface area contributed by atoms with Crippen molar-refractivity contribution in [3.8, 4) is 0 Å². The Bertz CT molecular complexity index is 302. The van der Waals surface area contributed by atoms with Crippen LogP contribution < -0.4 is 0 Å². The minimum atomic E-state index is -1.86. The van der Waals surface area contributed by atoms with Crippen molar-refractivity contribution < 1.29 is 13.5 Å². The largest absolute Gasteiger partial charge is 0.450 e. The molecule has 0 amide bonds. The molecule has 0 aromatic rings. The van der Waals surface area contributed by atoms with Gasteiger partial charge >= 0.3 is 0 Å². The standard InChI is InChI=1S/C12H25O3PSi/c1-5-6-9-17(3,4)15-12-8-7-11(10-12)14-16(2)13/h10,12,16H,5-9H2,1-4H3. The summed E-state index contributed by atoms with van der Waals surface area (Å²) in [4.78, 5) is 0. The van der Waals surface area contributed by atoms with Gasteiger partial charge in [0.25, 0.3) is 0 Å². The van der Waals surface area contributed by atoms with Gasteiger partial charge < -0.3 is 8.95 Å². The van der Waals surface area contributed by atoms with E-state index in [0.717, 1.165) is 18.6 Å². The summed E-state index contributed by atoms with van der Waals surface area (Å²) in [5.74, 6) is 0.863. The lowest BCUT2D eigenvalue weighted by Crippen LogP contribution is -2.33. The van der Waals surface area contributed by atoms with E-state index in [-0.39, 0.29) is 6.10 Å². The Morgan fingerprint density at radius 1 is 1.53 bits per heavy atom. The highest BCUT2D eigenvalue weighted by molar-refractivity contribution is 7.38. The molecule has 5 heteroatoms. The molecule has 2 unspecified atom stereocenters. The van der Waals surface area contributed by atoms with E-state index in [4.69, 9.17) is 8.95 Å². The molecule has 1 rings (SSSR count). The summed E-state index contributed by atoms with van der Waals surface area (Å²) >= 11 is 0. The maximum Gasteiger partial charge on any atom is 0.233 e. The second kappa shape index (κ2) is 6.77. The van der Waals surface area contributed by atoms with Crippen LogP contribution in [-0.4, -0.2) is 21.1 Å². The lowest BCUT2D eigenvalue weighted by molar-refractivity contribution is 0.237. The zero-order chi connectivity index (χ0) is 12.9. The maximum absolute atomic E-state index is 11.0. The van der Waals surface area contributed by atoms with Gasteiger partial charge in [0.1, 0.15) is 5.76 Å². The number of hydrogen-bond donors (Lipinski definition) is 0. The van der Waals surface area contributed by atoms with E-state index in [2.05, 4.69) is 20.0 Å². The third kappa shape index (κ3) is 5.89. The number of rotatable bonds is 7. The fraction of sp³-hybridized carbons (Fsp3) is 0.833. The highest BCUT2D eigenvalue weighted by Gasteiger charge is 2.28. The summed E-state index contributed by atoms with van der Waals surface area (Å²) in [5, 5.41) is 0. The summed E-state index contributed by atoms with van der Waals surface area (Å²) in [6, 6.07) is 1.22. The highest BCUT2D eigenvalue weighted by Crippen LogP contribution is 2.32. The molecule has 0 N–H and O–H groups in total. The lowest BCUT2D eigenvalue weighted by atomic mass is 10.3. The Morgan fingerprint density at radius 2 is 2.24 bits per heavy atom. The van der Waals surface area contributed by atoms with Crippen LogP contribution in [0.1, 0.15) is 32.6 Å². The lowest BCUT2D eigenvalue weighted by Gasteiger charge is -2.26. The molecule has 0 aromatic heterocycles. The minimum absolute atomic E-state index is 0.185. The monoisotopic (exact) mass is 276 g/mol. The molecule has 1 aliphatic carbocycles. The molecule has 2 atom stereocenters. The molecule has 0 heterocycles. The van der Waals surface area contributed by atoms with E-state index < -0.39 is 16.3 Å². The molecule has 0 aliphatic heterocycles. The molecule has 0 radical (unpaired) electrons. The zero-order valence-corrected chi connectivity index (χ0v) is 13.4. The summed E-state index contributed by atoms with van der Waals surface area (Å²) in [7, 11) is -3.39. The van der Waals surface area contributed by atoms with Gasteiger partial charge in [-0.2, -0.15) is 0 Å². The van der Waals surface area contributed by atoms with Gasteiger partial charge in [-0.3, -0.25) is 4.57 Å². The van der Waals surface area contributed by atoms with Gasteiger partial charge in [-0.25, -0.2) is 0 Å². The summed E-state index contributed by atoms with van der Waals surface area (Å²) in [5.41, 5.74) is 0. The normalized spacial score (nSPS) is 22.4. The van der Waals surface area contributed by atoms with E-state index in [0.29, 0.717) is 0 Å². The molecule has 17 heavy (non-hydrogen) atoms. The average molecular weight is 276 g/mol. The topological polar surface area (TPSA) is 35.5 Å². The Balaban J connectivity index is 2.42. The van der Waals surface area contributed by atoms with E-state index >= 15 is 0 Å². The molecular weight excluding hydrogens is 251 g/mol. The smallest absolute Gasteiger partial charge is 0.233 e. The van der Waals surface area contributed by atoms with Gasteiger partial charge in [0, 0.05) is 13.1 Å². The van der Waals surface area contributed by atoms with Crippen molar-refractivity contribution in [2.24, 2.45) is 0 Å². The summed E-state index contributed by atoms with van der Waals surface area (Å²) < 4.78 is 22.5. The molecule has 0 saturated carbocycles. The van der Waals surface area contributed by atoms with Crippen molar-refractivity contribution in [3.63, 3.8) is 0 Å². The van der Waals surface area contributed by atoms with Crippen LogP contribution in [0.15, 0.2) is 11.8 Å². The Labute approximate surface area is 107 Å². The number of hydrogen-bond acceptors (Lipinski definition) is 3. The predicted molar refractivity (Wildman–Crippen MR) is 75.4 cm³/mol. The van der Waals surface area contributed by atoms with Gasteiger partial charge in [0.15, 0.2) is 8.32 Å². The maximum atomic E-state index is 11.0. The van der Waals surface area contributed by atoms with Crippen LogP contribution >= 0.6 is 8.03 Å². The number of allylic oxidation sites excluding steroid dienone is 1. The molecule has 0 aromatic carbocycles. The predicted octanol–water partition coefficient (Wildman–Crippen LogP) is 4.18. The van der Waals surface area contributed by atoms with Crippen molar-refractivity contribution in [2.75, 3.05) is 6.66 Å². The SMILES string of the molecule is CCCC[Si](C)(C)OC1C=C(O[PH](C)=O)CC1. The van der Waals surface area contributed by atoms with Crippen molar-refractivity contribution in [1.29, 1.82) is 0 Å². The quantitative estimate of drug-likeness (QED) is 0.517. The van der Waals surface area contributed by atoms with Gasteiger partial charge in [-0.05, 0) is 31.6 Å². The summed E-state index contributed by atoms with van der Waals surface area (Å²) in [6.07, 6.45) is 6.53. The summed E-state index contributed by atoms with van der Waals surface area (Å²) in [6.45, 7) is 8.39. The van der Waals surface area contributed by atoms with Crippen LogP contribution in [0.25, 0.3) is 0 Å².